The molecule has 4 rings (SSSR count). The van der Waals surface area contributed by atoms with Crippen LogP contribution in [0.25, 0.3) is 22.0 Å². The highest BCUT2D eigenvalue weighted by atomic mass is 16.5. The molecule has 6 heteroatoms. The van der Waals surface area contributed by atoms with Gasteiger partial charge >= 0.3 is 0 Å². The maximum atomic E-state index is 10.2. The molecule has 1 aliphatic rings. The Bertz CT molecular complexity index is 943. The molecule has 2 aromatic carbocycles. The molecule has 2 N–H and O–H groups in total. The number of ether oxygens (including phenoxy) is 1. The number of likely N-dealkylation sites (tertiary alicyclic amines) is 1. The van der Waals surface area contributed by atoms with E-state index in [1.165, 1.54) is 0 Å². The molecule has 1 unspecified atom stereocenters. The summed E-state index contributed by atoms with van der Waals surface area (Å²) in [5.74, 6) is 0.732. The Morgan fingerprint density at radius 1 is 1.15 bits per heavy atom. The fourth-order valence-corrected chi connectivity index (χ4v) is 3.63. The molecule has 1 aliphatic heterocycles. The lowest BCUT2D eigenvalue weighted by Gasteiger charge is -2.44. The first-order valence-electron chi connectivity index (χ1n) is 9.17. The summed E-state index contributed by atoms with van der Waals surface area (Å²) in [6.07, 6.45) is 1.34. The normalized spacial score (nSPS) is 17.6. The summed E-state index contributed by atoms with van der Waals surface area (Å²) in [5.41, 5.74) is 1.38. The lowest BCUT2D eigenvalue weighted by atomic mass is 9.97. The molecule has 6 nitrogen and oxygen atoms in total. The average molecular weight is 367 g/mol. The summed E-state index contributed by atoms with van der Waals surface area (Å²) in [5, 5.41) is 26.6. The van der Waals surface area contributed by atoms with Crippen LogP contribution < -0.4 is 4.74 Å². The van der Waals surface area contributed by atoms with Gasteiger partial charge in [0.2, 0.25) is 0 Å². The van der Waals surface area contributed by atoms with Crippen molar-refractivity contribution >= 4 is 10.8 Å². The first-order chi connectivity index (χ1) is 12.9. The molecule has 0 bridgehead atoms. The second-order valence-electron chi connectivity index (χ2n) is 7.73. The summed E-state index contributed by atoms with van der Waals surface area (Å²) in [6, 6.07) is 14.2. The fraction of sp³-hybridized carbons (Fsp3) is 0.381. The number of rotatable bonds is 6. The number of fused-ring (bicyclic) bond motifs is 1. The van der Waals surface area contributed by atoms with E-state index in [0.29, 0.717) is 19.6 Å². The predicted molar refractivity (Wildman–Crippen MR) is 105 cm³/mol. The summed E-state index contributed by atoms with van der Waals surface area (Å²) < 4.78 is 7.58. The van der Waals surface area contributed by atoms with Crippen molar-refractivity contribution in [1.82, 2.24) is 14.7 Å². The summed E-state index contributed by atoms with van der Waals surface area (Å²) in [7, 11) is 1.91. The van der Waals surface area contributed by atoms with Gasteiger partial charge in [-0.05, 0) is 42.0 Å². The van der Waals surface area contributed by atoms with Gasteiger partial charge in [-0.15, -0.1) is 0 Å². The van der Waals surface area contributed by atoms with Gasteiger partial charge in [-0.2, -0.15) is 5.10 Å². The van der Waals surface area contributed by atoms with Crippen molar-refractivity contribution in [3.63, 3.8) is 0 Å². The molecule has 142 valence electrons. The number of hydrogen-bond donors (Lipinski definition) is 2. The van der Waals surface area contributed by atoms with Crippen molar-refractivity contribution in [1.29, 1.82) is 0 Å². The second kappa shape index (κ2) is 6.96. The van der Waals surface area contributed by atoms with E-state index < -0.39 is 11.7 Å². The number of nitrogens with zero attached hydrogens (tertiary/aromatic N) is 3. The molecule has 1 aromatic heterocycles. The number of β-amino-alcohol motifs (C(OH)–C–C–N with tert-alkyl or cyclic N) is 2. The Balaban J connectivity index is 1.41. The quantitative estimate of drug-likeness (QED) is 0.698. The van der Waals surface area contributed by atoms with Gasteiger partial charge in [0.1, 0.15) is 18.5 Å². The molecule has 27 heavy (non-hydrogen) atoms. The van der Waals surface area contributed by atoms with Crippen LogP contribution in [0.3, 0.4) is 0 Å². The van der Waals surface area contributed by atoms with Crippen LogP contribution in [0.15, 0.2) is 48.7 Å². The Labute approximate surface area is 158 Å². The smallest absolute Gasteiger partial charge is 0.120 e. The van der Waals surface area contributed by atoms with Gasteiger partial charge in [0.25, 0.3) is 0 Å². The monoisotopic (exact) mass is 367 g/mol. The molecule has 0 radical (unpaired) electrons. The van der Waals surface area contributed by atoms with Crippen molar-refractivity contribution in [2.75, 3.05) is 26.2 Å². The molecule has 1 fully saturated rings. The third-order valence-corrected chi connectivity index (χ3v) is 4.86. The van der Waals surface area contributed by atoms with Crippen LogP contribution in [0.4, 0.5) is 0 Å². The Kier molecular flexibility index (Phi) is 4.63. The molecule has 1 atom stereocenters. The zero-order chi connectivity index (χ0) is 19.0. The van der Waals surface area contributed by atoms with Gasteiger partial charge in [-0.25, -0.2) is 0 Å². The minimum Gasteiger partial charge on any atom is -0.491 e. The minimum absolute atomic E-state index is 0.226. The van der Waals surface area contributed by atoms with Gasteiger partial charge in [-0.1, -0.05) is 18.2 Å². The highest BCUT2D eigenvalue weighted by Gasteiger charge is 2.37. The Morgan fingerprint density at radius 2 is 1.93 bits per heavy atom. The van der Waals surface area contributed by atoms with Crippen LogP contribution in [0.5, 0.6) is 5.75 Å². The minimum atomic E-state index is -0.621. The van der Waals surface area contributed by atoms with E-state index in [9.17, 15) is 10.2 Å². The SMILES string of the molecule is Cn1ccc(-c2ccc3ccc(OCC(O)CN4CC(C)(O)C4)cc3c2)n1. The zero-order valence-electron chi connectivity index (χ0n) is 15.7. The number of benzene rings is 2. The van der Waals surface area contributed by atoms with Gasteiger partial charge in [0.05, 0.1) is 11.3 Å². The van der Waals surface area contributed by atoms with Crippen molar-refractivity contribution < 1.29 is 14.9 Å². The molecule has 0 spiro atoms. The second-order valence-corrected chi connectivity index (χ2v) is 7.73. The lowest BCUT2D eigenvalue weighted by molar-refractivity contribution is -0.0978. The van der Waals surface area contributed by atoms with Crippen molar-refractivity contribution in [2.24, 2.45) is 7.05 Å². The van der Waals surface area contributed by atoms with E-state index in [1.54, 1.807) is 11.6 Å². The topological polar surface area (TPSA) is 70.8 Å². The highest BCUT2D eigenvalue weighted by Crippen LogP contribution is 2.26. The highest BCUT2D eigenvalue weighted by molar-refractivity contribution is 5.87. The molecule has 0 amide bonds. The Morgan fingerprint density at radius 3 is 2.63 bits per heavy atom. The summed E-state index contributed by atoms with van der Waals surface area (Å²) in [4.78, 5) is 2.02. The van der Waals surface area contributed by atoms with E-state index in [4.69, 9.17) is 4.74 Å². The van der Waals surface area contributed by atoms with E-state index >= 15 is 0 Å². The van der Waals surface area contributed by atoms with Crippen LogP contribution in [0.2, 0.25) is 0 Å². The van der Waals surface area contributed by atoms with E-state index in [-0.39, 0.29) is 6.61 Å². The van der Waals surface area contributed by atoms with Crippen LogP contribution in [0.1, 0.15) is 6.92 Å². The first-order valence-corrected chi connectivity index (χ1v) is 9.17. The number of aromatic nitrogens is 2. The summed E-state index contributed by atoms with van der Waals surface area (Å²) >= 11 is 0. The number of aliphatic hydroxyl groups excluding tert-OH is 1. The summed E-state index contributed by atoms with van der Waals surface area (Å²) in [6.45, 7) is 3.73. The van der Waals surface area contributed by atoms with Crippen molar-refractivity contribution in [3.8, 4) is 17.0 Å². The Hall–Kier alpha value is -2.41. The van der Waals surface area contributed by atoms with Gasteiger partial charge in [-0.3, -0.25) is 9.58 Å². The molecule has 0 aliphatic carbocycles. The first kappa shape index (κ1) is 18.0. The maximum Gasteiger partial charge on any atom is 0.120 e. The lowest BCUT2D eigenvalue weighted by Crippen LogP contribution is -2.61. The standard InChI is InChI=1S/C21H25N3O3/c1-21(26)13-24(14-21)11-18(25)12-27-19-6-5-15-3-4-16(9-17(15)10-19)20-7-8-23(2)22-20/h3-10,18,25-26H,11-14H2,1-2H3. The molecule has 1 saturated heterocycles. The van der Waals surface area contributed by atoms with Crippen LogP contribution in [0, 0.1) is 0 Å². The van der Waals surface area contributed by atoms with Crippen LogP contribution in [-0.2, 0) is 7.05 Å². The van der Waals surface area contributed by atoms with Crippen LogP contribution in [-0.4, -0.2) is 62.8 Å². The zero-order valence-corrected chi connectivity index (χ0v) is 15.7. The van der Waals surface area contributed by atoms with Crippen molar-refractivity contribution in [3.05, 3.63) is 48.7 Å². The number of aryl methyl sites for hydroxylation is 1. The van der Waals surface area contributed by atoms with E-state index in [0.717, 1.165) is 27.8 Å². The molecule has 3 aromatic rings. The molecule has 2 heterocycles. The van der Waals surface area contributed by atoms with E-state index in [1.807, 2.05) is 42.4 Å². The maximum absolute atomic E-state index is 10.2. The predicted octanol–water partition coefficient (Wildman–Crippen LogP) is 2.05. The van der Waals surface area contributed by atoms with Crippen LogP contribution >= 0.6 is 0 Å². The fourth-order valence-electron chi connectivity index (χ4n) is 3.63. The third kappa shape index (κ3) is 4.13. The van der Waals surface area contributed by atoms with Gasteiger partial charge in [0, 0.05) is 38.4 Å². The average Bonchev–Trinajstić information content (AvgIpc) is 3.04. The number of aliphatic hydroxyl groups is 2. The van der Waals surface area contributed by atoms with E-state index in [2.05, 4.69) is 23.3 Å². The molecular weight excluding hydrogens is 342 g/mol. The van der Waals surface area contributed by atoms with Gasteiger partial charge < -0.3 is 14.9 Å². The molecule has 0 saturated carbocycles. The van der Waals surface area contributed by atoms with Gasteiger partial charge in [0.15, 0.2) is 0 Å². The number of hydrogen-bond acceptors (Lipinski definition) is 5. The third-order valence-electron chi connectivity index (χ3n) is 4.86. The van der Waals surface area contributed by atoms with Crippen molar-refractivity contribution in [2.45, 2.75) is 18.6 Å². The largest absolute Gasteiger partial charge is 0.491 e. The molecular formula is C21H25N3O3.